The summed E-state index contributed by atoms with van der Waals surface area (Å²) >= 11 is 1.21. The van der Waals surface area contributed by atoms with Crippen LogP contribution < -0.4 is 18.9 Å². The van der Waals surface area contributed by atoms with Crippen LogP contribution in [0.1, 0.15) is 57.6 Å². The number of ketones is 1. The van der Waals surface area contributed by atoms with E-state index >= 15 is 0 Å². The van der Waals surface area contributed by atoms with Gasteiger partial charge in [0, 0.05) is 35.2 Å². The third-order valence-electron chi connectivity index (χ3n) is 9.37. The van der Waals surface area contributed by atoms with Gasteiger partial charge in [0.2, 0.25) is 12.6 Å². The first-order chi connectivity index (χ1) is 20.5. The molecule has 1 unspecified atom stereocenters. The van der Waals surface area contributed by atoms with Crippen LogP contribution in [-0.4, -0.2) is 89.4 Å². The Morgan fingerprint density at radius 1 is 1.09 bits per heavy atom. The first-order valence-electron chi connectivity index (χ1n) is 14.1. The van der Waals surface area contributed by atoms with Crippen molar-refractivity contribution in [1.29, 1.82) is 0 Å². The molecule has 0 saturated carbocycles. The molecular formula is C30H32N2O10S. The molecule has 2 aromatic rings. The van der Waals surface area contributed by atoms with Gasteiger partial charge in [-0.05, 0) is 38.4 Å². The van der Waals surface area contributed by atoms with E-state index in [9.17, 15) is 24.6 Å². The highest BCUT2D eigenvalue weighted by atomic mass is 32.2. The Morgan fingerprint density at radius 2 is 1.84 bits per heavy atom. The number of benzene rings is 2. The zero-order valence-corrected chi connectivity index (χ0v) is 25.1. The number of phenols is 1. The zero-order valence-electron chi connectivity index (χ0n) is 24.3. The Morgan fingerprint density at radius 3 is 2.56 bits per heavy atom. The number of likely N-dealkylation sites (N-methyl/N-ethyl adjacent to an activating group) is 1. The highest BCUT2D eigenvalue weighted by Crippen LogP contribution is 2.63. The summed E-state index contributed by atoms with van der Waals surface area (Å²) < 4.78 is 28.9. The lowest BCUT2D eigenvalue weighted by Gasteiger charge is -2.61. The third-order valence-corrected chi connectivity index (χ3v) is 10.7. The number of cyclic esters (lactones) is 1. The number of thioether (sulfide) groups is 1. The second-order valence-electron chi connectivity index (χ2n) is 11.6. The molecule has 5 aliphatic heterocycles. The van der Waals surface area contributed by atoms with Gasteiger partial charge >= 0.3 is 11.9 Å². The van der Waals surface area contributed by atoms with Crippen molar-refractivity contribution in [2.45, 2.75) is 62.8 Å². The summed E-state index contributed by atoms with van der Waals surface area (Å²) in [5.74, 6) is -0.882. The number of fused-ring (bicyclic) bond motifs is 9. The summed E-state index contributed by atoms with van der Waals surface area (Å²) in [5.41, 5.74) is 4.10. The number of aliphatic hydroxyl groups excluding tert-OH is 1. The van der Waals surface area contributed by atoms with Crippen LogP contribution in [0.4, 0.5) is 0 Å². The van der Waals surface area contributed by atoms with Gasteiger partial charge in [0.1, 0.15) is 18.6 Å². The van der Waals surface area contributed by atoms with Gasteiger partial charge in [0.25, 0.3) is 0 Å². The highest BCUT2D eigenvalue weighted by Gasteiger charge is 2.60. The molecule has 13 heteroatoms. The first-order valence-corrected chi connectivity index (χ1v) is 15.1. The number of Topliss-reactive ketones (excluding diaryl/α,β-unsaturated/α-hetero) is 1. The minimum absolute atomic E-state index is 0.0203. The average Bonchev–Trinajstić information content (AvgIpc) is 3.45. The van der Waals surface area contributed by atoms with Crippen molar-refractivity contribution in [3.63, 3.8) is 0 Å². The maximum absolute atomic E-state index is 12.9. The van der Waals surface area contributed by atoms with Crippen molar-refractivity contribution in [2.75, 3.05) is 33.3 Å². The molecule has 5 heterocycles. The van der Waals surface area contributed by atoms with Gasteiger partial charge < -0.3 is 33.9 Å². The molecule has 43 heavy (non-hydrogen) atoms. The Hall–Kier alpha value is -3.52. The van der Waals surface area contributed by atoms with Gasteiger partial charge in [0.05, 0.1) is 36.2 Å². The number of nitrogens with zero attached hydrogens (tertiary/aromatic N) is 2. The lowest BCUT2D eigenvalue weighted by molar-refractivity contribution is -0.184. The molecular weight excluding hydrogens is 580 g/mol. The Labute approximate surface area is 251 Å². The van der Waals surface area contributed by atoms with Gasteiger partial charge in [-0.15, -0.1) is 11.8 Å². The minimum atomic E-state index is -1.03. The third kappa shape index (κ3) is 3.91. The van der Waals surface area contributed by atoms with E-state index in [1.165, 1.54) is 25.8 Å². The molecule has 0 aliphatic carbocycles. The molecule has 5 aliphatic rings. The number of methoxy groups -OCH3 is 1. The number of phenolic OH excluding ortho intramolecular Hbond substituents is 1. The van der Waals surface area contributed by atoms with Crippen molar-refractivity contribution >= 4 is 29.5 Å². The second kappa shape index (κ2) is 10.0. The molecule has 2 saturated heterocycles. The van der Waals surface area contributed by atoms with Crippen LogP contribution in [0.25, 0.3) is 0 Å². The largest absolute Gasteiger partial charge is 0.504 e. The SMILES string of the molecule is COc1c(C)cc2c(c1O)[C@H]1[C@@H]3C4SCC(=O)C(=O)OC[C@@H](c5c6c(c(C)c(OC(C)=O)c54)OCO6)N3[C@@H](O)[C@H](C2)N1C. The molecule has 2 aromatic carbocycles. The molecule has 0 aromatic heterocycles. The molecule has 4 bridgehead atoms. The number of carbonyl (C=O) groups is 3. The van der Waals surface area contributed by atoms with E-state index in [1.54, 1.807) is 6.92 Å². The number of carbonyl (C=O) groups excluding carboxylic acids is 3. The summed E-state index contributed by atoms with van der Waals surface area (Å²) in [6.07, 6.45) is -0.582. The fourth-order valence-electron chi connectivity index (χ4n) is 7.71. The van der Waals surface area contributed by atoms with Crippen LogP contribution in [0.2, 0.25) is 0 Å². The number of rotatable bonds is 2. The standard InChI is InChI=1S/C30H32N2O10S/c1-11-6-14-7-15-29(36)32-16-8-39-30(37)17(34)9-43-28(22(32)21(31(15)4)18(14)23(35)24(11)38-5)20-19(16)27-26(40-10-41-27)12(2)25(20)42-13(3)33/h6,15-16,21-22,28-29,35-36H,7-10H2,1-5H3/t15-,16-,21-,22+,28?,29-/m0/s1. The number of esters is 2. The van der Waals surface area contributed by atoms with E-state index in [-0.39, 0.29) is 36.7 Å². The number of ether oxygens (including phenoxy) is 5. The van der Waals surface area contributed by atoms with E-state index in [4.69, 9.17) is 23.7 Å². The predicted octanol–water partition coefficient (Wildman–Crippen LogP) is 2.23. The topological polar surface area (TPSA) is 144 Å². The molecule has 0 radical (unpaired) electrons. The Balaban J connectivity index is 1.55. The molecule has 2 fully saturated rings. The van der Waals surface area contributed by atoms with Gasteiger partial charge in [-0.25, -0.2) is 4.79 Å². The summed E-state index contributed by atoms with van der Waals surface area (Å²) in [5, 5.41) is 23.2. The van der Waals surface area contributed by atoms with E-state index in [0.717, 1.165) is 11.1 Å². The lowest BCUT2D eigenvalue weighted by Crippen LogP contribution is -2.69. The number of aromatic hydroxyl groups is 1. The maximum atomic E-state index is 12.9. The predicted molar refractivity (Wildman–Crippen MR) is 152 cm³/mol. The zero-order chi connectivity index (χ0) is 30.5. The van der Waals surface area contributed by atoms with Crippen molar-refractivity contribution in [3.05, 3.63) is 39.4 Å². The molecule has 12 nitrogen and oxygen atoms in total. The molecule has 228 valence electrons. The molecule has 0 amide bonds. The van der Waals surface area contributed by atoms with Gasteiger partial charge in [-0.2, -0.15) is 0 Å². The summed E-state index contributed by atoms with van der Waals surface area (Å²) in [6, 6.07) is -0.238. The van der Waals surface area contributed by atoms with Crippen LogP contribution in [0.5, 0.6) is 28.7 Å². The number of hydrogen-bond donors (Lipinski definition) is 2. The Bertz CT molecular complexity index is 1590. The molecule has 7 rings (SSSR count). The van der Waals surface area contributed by atoms with Gasteiger partial charge in [-0.1, -0.05) is 6.07 Å². The fraction of sp³-hybridized carbons (Fsp3) is 0.500. The molecule has 6 atom stereocenters. The fourth-order valence-corrected chi connectivity index (χ4v) is 9.04. The quantitative estimate of drug-likeness (QED) is 0.291. The number of piperazine rings is 1. The van der Waals surface area contributed by atoms with Crippen molar-refractivity contribution < 1.29 is 48.3 Å². The number of hydrogen-bond acceptors (Lipinski definition) is 13. The van der Waals surface area contributed by atoms with E-state index < -0.39 is 47.3 Å². The van der Waals surface area contributed by atoms with Crippen LogP contribution in [0, 0.1) is 13.8 Å². The van der Waals surface area contributed by atoms with Gasteiger partial charge in [-0.3, -0.25) is 19.4 Å². The van der Waals surface area contributed by atoms with Crippen molar-refractivity contribution in [1.82, 2.24) is 9.80 Å². The number of aryl methyl sites for hydroxylation is 1. The van der Waals surface area contributed by atoms with Crippen LogP contribution >= 0.6 is 11.8 Å². The Kier molecular flexibility index (Phi) is 6.58. The maximum Gasteiger partial charge on any atom is 0.375 e. The lowest BCUT2D eigenvalue weighted by atomic mass is 9.73. The second-order valence-corrected chi connectivity index (χ2v) is 12.7. The van der Waals surface area contributed by atoms with E-state index in [0.29, 0.717) is 45.9 Å². The molecule has 0 spiro atoms. The monoisotopic (exact) mass is 612 g/mol. The number of aliphatic hydroxyl groups is 1. The highest BCUT2D eigenvalue weighted by molar-refractivity contribution is 8.00. The summed E-state index contributed by atoms with van der Waals surface area (Å²) in [7, 11) is 3.42. The normalized spacial score (nSPS) is 29.3. The molecule has 2 N–H and O–H groups in total. The minimum Gasteiger partial charge on any atom is -0.504 e. The van der Waals surface area contributed by atoms with Crippen molar-refractivity contribution in [3.8, 4) is 28.7 Å². The first kappa shape index (κ1) is 28.3. The van der Waals surface area contributed by atoms with Crippen LogP contribution in [0.15, 0.2) is 6.07 Å². The van der Waals surface area contributed by atoms with Crippen LogP contribution in [0.3, 0.4) is 0 Å². The average molecular weight is 613 g/mol. The summed E-state index contributed by atoms with van der Waals surface area (Å²) in [4.78, 5) is 42.0. The van der Waals surface area contributed by atoms with Crippen LogP contribution in [-0.2, 0) is 25.5 Å². The van der Waals surface area contributed by atoms with E-state index in [2.05, 4.69) is 4.90 Å². The van der Waals surface area contributed by atoms with Crippen molar-refractivity contribution in [2.24, 2.45) is 0 Å². The summed E-state index contributed by atoms with van der Waals surface area (Å²) in [6.45, 7) is 4.63. The van der Waals surface area contributed by atoms with E-state index in [1.807, 2.05) is 24.9 Å². The van der Waals surface area contributed by atoms with Gasteiger partial charge in [0.15, 0.2) is 23.0 Å². The smallest absolute Gasteiger partial charge is 0.375 e.